The molecule has 2 aromatic rings. The molecule has 1 aromatic carbocycles. The van der Waals surface area contributed by atoms with Gasteiger partial charge in [-0.1, -0.05) is 17.7 Å². The summed E-state index contributed by atoms with van der Waals surface area (Å²) in [5.41, 5.74) is 5.67. The van der Waals surface area contributed by atoms with Gasteiger partial charge in [-0.3, -0.25) is 4.79 Å². The molecule has 1 amide bonds. The van der Waals surface area contributed by atoms with Gasteiger partial charge in [-0.25, -0.2) is 4.39 Å². The lowest BCUT2D eigenvalue weighted by Crippen LogP contribution is -2.13. The first-order valence-corrected chi connectivity index (χ1v) is 5.05. The first-order valence-electron chi connectivity index (χ1n) is 4.68. The van der Waals surface area contributed by atoms with E-state index < -0.39 is 11.7 Å². The van der Waals surface area contributed by atoms with Crippen molar-refractivity contribution in [2.75, 3.05) is 0 Å². The Labute approximate surface area is 101 Å². The van der Waals surface area contributed by atoms with Gasteiger partial charge in [0.15, 0.2) is 5.69 Å². The highest BCUT2D eigenvalue weighted by Crippen LogP contribution is 2.32. The van der Waals surface area contributed by atoms with E-state index in [2.05, 4.69) is 15.4 Å². The monoisotopic (exact) mass is 254 g/mol. The van der Waals surface area contributed by atoms with Crippen molar-refractivity contribution >= 4 is 17.5 Å². The minimum absolute atomic E-state index is 0.0173. The maximum Gasteiger partial charge on any atom is 0.271 e. The van der Waals surface area contributed by atoms with Gasteiger partial charge in [0.1, 0.15) is 11.5 Å². The van der Waals surface area contributed by atoms with E-state index in [9.17, 15) is 9.18 Å². The third kappa shape index (κ3) is 1.87. The van der Waals surface area contributed by atoms with Crippen LogP contribution in [0.25, 0.3) is 11.3 Å². The van der Waals surface area contributed by atoms with E-state index in [1.54, 1.807) is 6.92 Å². The summed E-state index contributed by atoms with van der Waals surface area (Å²) >= 11 is 5.99. The zero-order valence-electron chi connectivity index (χ0n) is 8.79. The van der Waals surface area contributed by atoms with Crippen LogP contribution >= 0.6 is 11.6 Å². The summed E-state index contributed by atoms with van der Waals surface area (Å²) in [5, 5.41) is 9.68. The van der Waals surface area contributed by atoms with Gasteiger partial charge >= 0.3 is 0 Å². The number of hydrogen-bond donors (Lipinski definition) is 2. The number of amides is 1. The van der Waals surface area contributed by atoms with Gasteiger partial charge in [0.2, 0.25) is 0 Å². The Morgan fingerprint density at radius 1 is 1.47 bits per heavy atom. The van der Waals surface area contributed by atoms with Crippen LogP contribution in [0.2, 0.25) is 5.02 Å². The second-order valence-electron chi connectivity index (χ2n) is 3.44. The number of primary amides is 1. The lowest BCUT2D eigenvalue weighted by molar-refractivity contribution is 0.0996. The van der Waals surface area contributed by atoms with E-state index in [1.165, 1.54) is 12.1 Å². The molecule has 0 radical (unpaired) electrons. The number of benzene rings is 1. The number of halogens is 2. The zero-order chi connectivity index (χ0) is 12.6. The van der Waals surface area contributed by atoms with Crippen molar-refractivity contribution in [3.63, 3.8) is 0 Å². The van der Waals surface area contributed by atoms with E-state index in [1.807, 2.05) is 0 Å². The number of carbonyl (C=O) groups is 1. The molecule has 0 aliphatic carbocycles. The Balaban J connectivity index is 2.72. The molecular weight excluding hydrogens is 247 g/mol. The maximum atomic E-state index is 13.7. The van der Waals surface area contributed by atoms with E-state index in [0.717, 1.165) is 0 Å². The van der Waals surface area contributed by atoms with Gasteiger partial charge in [-0.2, -0.15) is 15.4 Å². The van der Waals surface area contributed by atoms with Gasteiger partial charge in [0.25, 0.3) is 5.91 Å². The molecule has 3 N–H and O–H groups in total. The number of nitrogens with one attached hydrogen (secondary N) is 1. The number of nitrogens with two attached hydrogens (primary N) is 1. The second-order valence-corrected chi connectivity index (χ2v) is 3.82. The van der Waals surface area contributed by atoms with Crippen LogP contribution < -0.4 is 5.73 Å². The smallest absolute Gasteiger partial charge is 0.271 e. The van der Waals surface area contributed by atoms with Gasteiger partial charge < -0.3 is 5.73 Å². The number of rotatable bonds is 2. The number of aryl methyl sites for hydroxylation is 1. The molecular formula is C10H8ClFN4O. The molecule has 0 saturated heterocycles. The fourth-order valence-corrected chi connectivity index (χ4v) is 1.69. The number of aromatic amines is 1. The highest BCUT2D eigenvalue weighted by Gasteiger charge is 2.21. The van der Waals surface area contributed by atoms with Gasteiger partial charge in [-0.05, 0) is 18.6 Å². The molecule has 0 bridgehead atoms. The summed E-state index contributed by atoms with van der Waals surface area (Å²) in [6, 6.07) is 2.78. The standard InChI is InChI=1S/C10H8ClFN4O/c1-4-2-3-5(12)6(7(4)11)8-9(10(13)17)15-16-14-8/h2-3H,1H3,(H2,13,17)(H,14,15,16). The Hall–Kier alpha value is -1.95. The third-order valence-corrected chi connectivity index (χ3v) is 2.79. The molecule has 0 unspecified atom stereocenters. The molecule has 0 aliphatic heterocycles. The van der Waals surface area contributed by atoms with Crippen molar-refractivity contribution < 1.29 is 9.18 Å². The summed E-state index contributed by atoms with van der Waals surface area (Å²) in [7, 11) is 0. The van der Waals surface area contributed by atoms with Gasteiger partial charge in [-0.15, -0.1) is 0 Å². The van der Waals surface area contributed by atoms with Gasteiger partial charge in [0.05, 0.1) is 10.6 Å². The van der Waals surface area contributed by atoms with E-state index in [0.29, 0.717) is 5.56 Å². The highest BCUT2D eigenvalue weighted by atomic mass is 35.5. The summed E-state index contributed by atoms with van der Waals surface area (Å²) in [5.74, 6) is -1.39. The summed E-state index contributed by atoms with van der Waals surface area (Å²) < 4.78 is 13.7. The Kier molecular flexibility index (Phi) is 2.81. The second kappa shape index (κ2) is 4.14. The molecule has 0 atom stereocenters. The van der Waals surface area contributed by atoms with Crippen molar-refractivity contribution in [1.82, 2.24) is 15.4 Å². The van der Waals surface area contributed by atoms with Crippen molar-refractivity contribution in [1.29, 1.82) is 0 Å². The van der Waals surface area contributed by atoms with E-state index in [-0.39, 0.29) is 22.0 Å². The van der Waals surface area contributed by atoms with Crippen molar-refractivity contribution in [3.05, 3.63) is 34.2 Å². The van der Waals surface area contributed by atoms with Crippen LogP contribution in [0.15, 0.2) is 12.1 Å². The predicted octanol–water partition coefficient (Wildman–Crippen LogP) is 1.67. The van der Waals surface area contributed by atoms with Crippen molar-refractivity contribution in [3.8, 4) is 11.3 Å². The molecule has 2 rings (SSSR count). The normalized spacial score (nSPS) is 10.5. The molecule has 0 spiro atoms. The average molecular weight is 255 g/mol. The quantitative estimate of drug-likeness (QED) is 0.855. The largest absolute Gasteiger partial charge is 0.364 e. The van der Waals surface area contributed by atoms with Gasteiger partial charge in [0, 0.05) is 0 Å². The molecule has 7 heteroatoms. The topological polar surface area (TPSA) is 84.7 Å². The lowest BCUT2D eigenvalue weighted by atomic mass is 10.1. The maximum absolute atomic E-state index is 13.7. The predicted molar refractivity (Wildman–Crippen MR) is 60.0 cm³/mol. The first-order chi connectivity index (χ1) is 8.02. The third-order valence-electron chi connectivity index (χ3n) is 2.30. The fourth-order valence-electron chi connectivity index (χ4n) is 1.45. The Bertz CT molecular complexity index is 596. The molecule has 5 nitrogen and oxygen atoms in total. The number of carbonyl (C=O) groups excluding carboxylic acids is 1. The first kappa shape index (κ1) is 11.5. The Morgan fingerprint density at radius 2 is 2.18 bits per heavy atom. The summed E-state index contributed by atoms with van der Waals surface area (Å²) in [6.07, 6.45) is 0. The van der Waals surface area contributed by atoms with Crippen LogP contribution in [0, 0.1) is 12.7 Å². The van der Waals surface area contributed by atoms with Crippen LogP contribution in [0.3, 0.4) is 0 Å². The zero-order valence-corrected chi connectivity index (χ0v) is 9.55. The average Bonchev–Trinajstić information content (AvgIpc) is 2.73. The van der Waals surface area contributed by atoms with Crippen LogP contribution in [0.4, 0.5) is 4.39 Å². The molecule has 1 aromatic heterocycles. The fraction of sp³-hybridized carbons (Fsp3) is 0.100. The number of hydrogen-bond acceptors (Lipinski definition) is 3. The van der Waals surface area contributed by atoms with Crippen LogP contribution in [0.1, 0.15) is 16.1 Å². The molecule has 0 saturated carbocycles. The number of aromatic nitrogens is 3. The summed E-state index contributed by atoms with van der Waals surface area (Å²) in [6.45, 7) is 1.72. The minimum atomic E-state index is -0.800. The van der Waals surface area contributed by atoms with Crippen LogP contribution in [-0.4, -0.2) is 21.3 Å². The molecule has 1 heterocycles. The van der Waals surface area contributed by atoms with Crippen LogP contribution in [0.5, 0.6) is 0 Å². The summed E-state index contributed by atoms with van der Waals surface area (Å²) in [4.78, 5) is 11.1. The number of nitrogens with zero attached hydrogens (tertiary/aromatic N) is 2. The highest BCUT2D eigenvalue weighted by molar-refractivity contribution is 6.34. The lowest BCUT2D eigenvalue weighted by Gasteiger charge is -2.06. The number of H-pyrrole nitrogens is 1. The molecule has 88 valence electrons. The van der Waals surface area contributed by atoms with Crippen LogP contribution in [-0.2, 0) is 0 Å². The van der Waals surface area contributed by atoms with Crippen molar-refractivity contribution in [2.45, 2.75) is 6.92 Å². The SMILES string of the molecule is Cc1ccc(F)c(-c2n[nH]nc2C(N)=O)c1Cl. The molecule has 0 aliphatic rings. The molecule has 0 fully saturated rings. The molecule has 17 heavy (non-hydrogen) atoms. The van der Waals surface area contributed by atoms with Crippen molar-refractivity contribution in [2.24, 2.45) is 5.73 Å². The van der Waals surface area contributed by atoms with E-state index >= 15 is 0 Å². The minimum Gasteiger partial charge on any atom is -0.364 e. The Morgan fingerprint density at radius 3 is 2.82 bits per heavy atom. The van der Waals surface area contributed by atoms with E-state index in [4.69, 9.17) is 17.3 Å².